The number of benzene rings is 2. The van der Waals surface area contributed by atoms with Crippen LogP contribution in [0.3, 0.4) is 0 Å². The molecule has 0 radical (unpaired) electrons. The van der Waals surface area contributed by atoms with E-state index in [1.54, 1.807) is 0 Å². The molecule has 0 amide bonds. The SMILES string of the molecule is C[C@@H](NCc1ccccn1)C1CCCC1P(c1ccccc1)c1ccccc1. The Balaban J connectivity index is 1.55. The molecule has 1 fully saturated rings. The van der Waals surface area contributed by atoms with Gasteiger partial charge in [0.05, 0.1) is 5.69 Å². The summed E-state index contributed by atoms with van der Waals surface area (Å²) in [5.41, 5.74) is 1.85. The Kier molecular flexibility index (Phi) is 6.52. The molecule has 3 heteroatoms. The van der Waals surface area contributed by atoms with Crippen LogP contribution < -0.4 is 15.9 Å². The second-order valence-corrected chi connectivity index (χ2v) is 10.1. The van der Waals surface area contributed by atoms with Gasteiger partial charge in [0.2, 0.25) is 0 Å². The Hall–Kier alpha value is -2.02. The van der Waals surface area contributed by atoms with E-state index in [9.17, 15) is 0 Å². The van der Waals surface area contributed by atoms with Gasteiger partial charge in [-0.1, -0.05) is 73.2 Å². The van der Waals surface area contributed by atoms with Crippen molar-refractivity contribution in [2.75, 3.05) is 0 Å². The van der Waals surface area contributed by atoms with Crippen LogP contribution in [0.5, 0.6) is 0 Å². The fourth-order valence-electron chi connectivity index (χ4n) is 4.50. The minimum absolute atomic E-state index is 0.344. The van der Waals surface area contributed by atoms with Crippen LogP contribution in [0.2, 0.25) is 0 Å². The van der Waals surface area contributed by atoms with Crippen LogP contribution in [0, 0.1) is 5.92 Å². The van der Waals surface area contributed by atoms with Gasteiger partial charge in [-0.15, -0.1) is 0 Å². The zero-order valence-corrected chi connectivity index (χ0v) is 17.4. The molecular weight excluding hydrogens is 359 g/mol. The molecule has 2 aromatic carbocycles. The molecule has 2 unspecified atom stereocenters. The summed E-state index contributed by atoms with van der Waals surface area (Å²) in [5.74, 6) is 0.704. The maximum absolute atomic E-state index is 4.47. The molecular formula is C25H29N2P. The number of hydrogen-bond donors (Lipinski definition) is 1. The number of rotatable bonds is 7. The number of hydrogen-bond acceptors (Lipinski definition) is 2. The number of nitrogens with one attached hydrogen (secondary N) is 1. The zero-order chi connectivity index (χ0) is 19.2. The van der Waals surface area contributed by atoms with Gasteiger partial charge in [0, 0.05) is 18.8 Å². The molecule has 1 saturated carbocycles. The van der Waals surface area contributed by atoms with E-state index >= 15 is 0 Å². The Bertz CT molecular complexity index is 799. The van der Waals surface area contributed by atoms with Crippen molar-refractivity contribution in [1.82, 2.24) is 10.3 Å². The van der Waals surface area contributed by atoms with Gasteiger partial charge in [-0.25, -0.2) is 0 Å². The maximum atomic E-state index is 4.47. The van der Waals surface area contributed by atoms with Crippen molar-refractivity contribution in [3.8, 4) is 0 Å². The molecule has 144 valence electrons. The molecule has 28 heavy (non-hydrogen) atoms. The van der Waals surface area contributed by atoms with Crippen molar-refractivity contribution in [2.45, 2.75) is 44.4 Å². The van der Waals surface area contributed by atoms with Gasteiger partial charge in [-0.05, 0) is 62.0 Å². The average molecular weight is 388 g/mol. The standard InChI is InChI=1S/C25H29N2P/c1-20(27-19-21-11-8-9-18-26-21)24-16-10-17-25(24)28(22-12-4-2-5-13-22)23-14-6-3-7-15-23/h2-9,11-15,18,20,24-25,27H,10,16-17,19H2,1H3/t20-,24?,25?/m1/s1. The third-order valence-corrected chi connectivity index (χ3v) is 8.92. The minimum Gasteiger partial charge on any atom is -0.308 e. The Labute approximate surface area is 170 Å². The number of nitrogens with zero attached hydrogens (tertiary/aromatic N) is 1. The molecule has 1 aliphatic carbocycles. The first-order chi connectivity index (χ1) is 13.8. The predicted molar refractivity (Wildman–Crippen MR) is 121 cm³/mol. The van der Waals surface area contributed by atoms with E-state index in [2.05, 4.69) is 90.0 Å². The van der Waals surface area contributed by atoms with E-state index in [1.807, 2.05) is 12.3 Å². The highest BCUT2D eigenvalue weighted by atomic mass is 31.1. The minimum atomic E-state index is -0.344. The van der Waals surface area contributed by atoms with E-state index in [0.717, 1.165) is 17.9 Å². The lowest BCUT2D eigenvalue weighted by Gasteiger charge is -2.33. The number of pyridine rings is 1. The summed E-state index contributed by atoms with van der Waals surface area (Å²) in [7, 11) is -0.344. The highest BCUT2D eigenvalue weighted by Crippen LogP contribution is 2.50. The highest BCUT2D eigenvalue weighted by molar-refractivity contribution is 7.73. The Morgan fingerprint density at radius 1 is 0.893 bits per heavy atom. The van der Waals surface area contributed by atoms with Crippen molar-refractivity contribution < 1.29 is 0 Å². The predicted octanol–water partition coefficient (Wildman–Crippen LogP) is 4.86. The molecule has 0 saturated heterocycles. The molecule has 3 atom stereocenters. The van der Waals surface area contributed by atoms with Crippen LogP contribution in [0.1, 0.15) is 31.9 Å². The molecule has 0 bridgehead atoms. The Morgan fingerprint density at radius 3 is 2.14 bits per heavy atom. The van der Waals surface area contributed by atoms with Crippen molar-refractivity contribution in [2.24, 2.45) is 5.92 Å². The molecule has 2 nitrogen and oxygen atoms in total. The van der Waals surface area contributed by atoms with Gasteiger partial charge < -0.3 is 5.32 Å². The first kappa shape index (κ1) is 19.3. The third kappa shape index (κ3) is 4.51. The van der Waals surface area contributed by atoms with Crippen molar-refractivity contribution in [1.29, 1.82) is 0 Å². The van der Waals surface area contributed by atoms with Crippen molar-refractivity contribution >= 4 is 18.5 Å². The lowest BCUT2D eigenvalue weighted by molar-refractivity contribution is 0.384. The maximum Gasteiger partial charge on any atom is 0.0541 e. The first-order valence-corrected chi connectivity index (χ1v) is 11.8. The Morgan fingerprint density at radius 2 is 1.54 bits per heavy atom. The summed E-state index contributed by atoms with van der Waals surface area (Å²) >= 11 is 0. The zero-order valence-electron chi connectivity index (χ0n) is 16.5. The summed E-state index contributed by atoms with van der Waals surface area (Å²) in [6.07, 6.45) is 5.86. The fourth-order valence-corrected chi connectivity index (χ4v) is 7.78. The molecule has 0 aliphatic heterocycles. The monoisotopic (exact) mass is 388 g/mol. The molecule has 4 rings (SSSR count). The lowest BCUT2D eigenvalue weighted by Crippen LogP contribution is -2.38. The third-order valence-electron chi connectivity index (χ3n) is 5.91. The highest BCUT2D eigenvalue weighted by Gasteiger charge is 2.37. The van der Waals surface area contributed by atoms with Crippen LogP contribution in [-0.4, -0.2) is 16.7 Å². The summed E-state index contributed by atoms with van der Waals surface area (Å²) in [5, 5.41) is 6.80. The van der Waals surface area contributed by atoms with Gasteiger partial charge in [0.1, 0.15) is 0 Å². The van der Waals surface area contributed by atoms with Gasteiger partial charge in [-0.3, -0.25) is 4.98 Å². The topological polar surface area (TPSA) is 24.9 Å². The summed E-state index contributed by atoms with van der Waals surface area (Å²) in [6.45, 7) is 3.22. The fraction of sp³-hybridized carbons (Fsp3) is 0.320. The second kappa shape index (κ2) is 9.45. The normalized spacial score (nSPS) is 20.4. The average Bonchev–Trinajstić information content (AvgIpc) is 3.24. The quantitative estimate of drug-likeness (QED) is 0.585. The van der Waals surface area contributed by atoms with Crippen LogP contribution in [-0.2, 0) is 6.54 Å². The van der Waals surface area contributed by atoms with Gasteiger partial charge in [0.15, 0.2) is 0 Å². The largest absolute Gasteiger partial charge is 0.308 e. The first-order valence-electron chi connectivity index (χ1n) is 10.4. The smallest absolute Gasteiger partial charge is 0.0541 e. The van der Waals surface area contributed by atoms with Crippen LogP contribution in [0.4, 0.5) is 0 Å². The van der Waals surface area contributed by atoms with E-state index in [-0.39, 0.29) is 7.92 Å². The second-order valence-electron chi connectivity index (χ2n) is 7.69. The van der Waals surface area contributed by atoms with Crippen molar-refractivity contribution in [3.05, 3.63) is 90.8 Å². The number of aromatic nitrogens is 1. The van der Waals surface area contributed by atoms with E-state index in [1.165, 1.54) is 29.9 Å². The van der Waals surface area contributed by atoms with Gasteiger partial charge in [0.25, 0.3) is 0 Å². The summed E-state index contributed by atoms with van der Waals surface area (Å²) < 4.78 is 0. The molecule has 1 aliphatic rings. The summed E-state index contributed by atoms with van der Waals surface area (Å²) in [4.78, 5) is 4.47. The van der Waals surface area contributed by atoms with Gasteiger partial charge >= 0.3 is 0 Å². The van der Waals surface area contributed by atoms with Crippen LogP contribution >= 0.6 is 7.92 Å². The van der Waals surface area contributed by atoms with E-state index in [4.69, 9.17) is 0 Å². The summed E-state index contributed by atoms with van der Waals surface area (Å²) in [6, 6.07) is 29.0. The van der Waals surface area contributed by atoms with E-state index < -0.39 is 0 Å². The van der Waals surface area contributed by atoms with Gasteiger partial charge in [-0.2, -0.15) is 0 Å². The van der Waals surface area contributed by atoms with Crippen LogP contribution in [0.25, 0.3) is 0 Å². The van der Waals surface area contributed by atoms with Crippen molar-refractivity contribution in [3.63, 3.8) is 0 Å². The lowest BCUT2D eigenvalue weighted by atomic mass is 9.99. The molecule has 3 aromatic rings. The van der Waals surface area contributed by atoms with E-state index in [0.29, 0.717) is 12.0 Å². The molecule has 1 N–H and O–H groups in total. The molecule has 1 heterocycles. The molecule has 0 spiro atoms. The molecule has 1 aromatic heterocycles. The van der Waals surface area contributed by atoms with Crippen LogP contribution in [0.15, 0.2) is 85.1 Å².